The number of H-pyrrole nitrogens is 1. The lowest BCUT2D eigenvalue weighted by molar-refractivity contribution is -0.0605. The first-order valence-electron chi connectivity index (χ1n) is 9.72. The van der Waals surface area contributed by atoms with Crippen LogP contribution in [0.1, 0.15) is 62.0 Å². The molecule has 0 aliphatic heterocycles. The number of aliphatic hydroxyl groups excluding tert-OH is 1. The number of ketones is 1. The van der Waals surface area contributed by atoms with Crippen LogP contribution in [0.3, 0.4) is 0 Å². The fraction of sp³-hybridized carbons (Fsp3) is 0.500. The van der Waals surface area contributed by atoms with Crippen LogP contribution < -0.4 is 5.56 Å². The molecule has 7 nitrogen and oxygen atoms in total. The first-order valence-corrected chi connectivity index (χ1v) is 9.72. The molecule has 0 saturated heterocycles. The van der Waals surface area contributed by atoms with Crippen molar-refractivity contribution in [2.24, 2.45) is 5.92 Å². The minimum Gasteiger partial charge on any atom is -0.394 e. The Balaban J connectivity index is 0.00000145. The number of hydrogen-bond acceptors (Lipinski definition) is 5. The van der Waals surface area contributed by atoms with Gasteiger partial charge in [-0.25, -0.2) is 4.98 Å². The fourth-order valence-electron chi connectivity index (χ4n) is 3.77. The average Bonchev–Trinajstić information content (AvgIpc) is 3.16. The normalized spacial score (nSPS) is 16.4. The monoisotopic (exact) mass is 397 g/mol. The van der Waals surface area contributed by atoms with Gasteiger partial charge in [0, 0.05) is 18.5 Å². The zero-order valence-electron chi connectivity index (χ0n) is 16.6. The molecule has 1 aliphatic rings. The van der Waals surface area contributed by atoms with Gasteiger partial charge in [-0.05, 0) is 19.8 Å². The Morgan fingerprint density at radius 3 is 2.72 bits per heavy atom. The van der Waals surface area contributed by atoms with Crippen LogP contribution in [0.15, 0.2) is 17.3 Å². The number of aromatic nitrogens is 3. The van der Waals surface area contributed by atoms with Crippen molar-refractivity contribution in [1.82, 2.24) is 14.5 Å². The Hall–Kier alpha value is -2.87. The Kier molecular flexibility index (Phi) is 8.21. The van der Waals surface area contributed by atoms with Gasteiger partial charge in [0.15, 0.2) is 5.78 Å². The van der Waals surface area contributed by atoms with Gasteiger partial charge >= 0.3 is 0 Å². The van der Waals surface area contributed by atoms with Crippen molar-refractivity contribution in [1.29, 1.82) is 0 Å². The van der Waals surface area contributed by atoms with Crippen LogP contribution in [0.2, 0.25) is 0 Å². The molecule has 2 aromatic rings. The summed E-state index contributed by atoms with van der Waals surface area (Å²) in [7, 11) is 0. The molecular formula is C22H27N3O4. The molecular weight excluding hydrogens is 370 g/mol. The van der Waals surface area contributed by atoms with E-state index in [9.17, 15) is 14.7 Å². The van der Waals surface area contributed by atoms with Gasteiger partial charge < -0.3 is 19.4 Å². The molecule has 2 N–H and O–H groups in total. The zero-order chi connectivity index (χ0) is 21.4. The van der Waals surface area contributed by atoms with Crippen LogP contribution >= 0.6 is 0 Å². The standard InChI is InChI=1S/C20H25N3O4.C2H2/c1-3-7-15(11-24)27-13(2)23-10-16(17-19(23)21-12-22-20(17)26)18(25)14-8-5-4-6-9-14;1-2/h1,10,12-15,24H,4-9,11H2,2H3,(H,21,22,26);1-2H/t13-,15+;/m1./s1. The molecule has 3 rings (SSSR count). The van der Waals surface area contributed by atoms with E-state index in [1.807, 2.05) is 0 Å². The highest BCUT2D eigenvalue weighted by molar-refractivity contribution is 6.08. The van der Waals surface area contributed by atoms with Crippen molar-refractivity contribution in [3.63, 3.8) is 0 Å². The van der Waals surface area contributed by atoms with Crippen LogP contribution in [0.25, 0.3) is 11.0 Å². The summed E-state index contributed by atoms with van der Waals surface area (Å²) >= 11 is 0. The lowest BCUT2D eigenvalue weighted by Gasteiger charge is -2.21. The predicted molar refractivity (Wildman–Crippen MR) is 111 cm³/mol. The number of rotatable bonds is 7. The molecule has 0 amide bonds. The van der Waals surface area contributed by atoms with Gasteiger partial charge in [-0.15, -0.1) is 25.2 Å². The van der Waals surface area contributed by atoms with E-state index < -0.39 is 12.3 Å². The van der Waals surface area contributed by atoms with Crippen LogP contribution in [0.4, 0.5) is 0 Å². The van der Waals surface area contributed by atoms with Crippen LogP contribution in [0.5, 0.6) is 0 Å². The summed E-state index contributed by atoms with van der Waals surface area (Å²) in [6.07, 6.45) is 20.4. The van der Waals surface area contributed by atoms with Crippen molar-refractivity contribution in [3.8, 4) is 25.2 Å². The van der Waals surface area contributed by atoms with Crippen molar-refractivity contribution in [2.45, 2.75) is 57.8 Å². The van der Waals surface area contributed by atoms with Crippen LogP contribution in [-0.2, 0) is 4.74 Å². The van der Waals surface area contributed by atoms with E-state index in [2.05, 4.69) is 28.7 Å². The summed E-state index contributed by atoms with van der Waals surface area (Å²) < 4.78 is 7.49. The highest BCUT2D eigenvalue weighted by atomic mass is 16.5. The third-order valence-electron chi connectivity index (χ3n) is 5.19. The van der Waals surface area contributed by atoms with E-state index in [-0.39, 0.29) is 30.3 Å². The summed E-state index contributed by atoms with van der Waals surface area (Å²) in [6.45, 7) is 1.56. The molecule has 0 aromatic carbocycles. The van der Waals surface area contributed by atoms with Crippen molar-refractivity contribution in [3.05, 3.63) is 28.4 Å². The fourth-order valence-corrected chi connectivity index (χ4v) is 3.77. The van der Waals surface area contributed by atoms with E-state index in [0.29, 0.717) is 16.6 Å². The maximum atomic E-state index is 13.1. The second kappa shape index (κ2) is 10.6. The largest absolute Gasteiger partial charge is 0.394 e. The number of carbonyl (C=O) groups excluding carboxylic acids is 1. The summed E-state index contributed by atoms with van der Waals surface area (Å²) in [5.41, 5.74) is 0.439. The maximum absolute atomic E-state index is 13.1. The zero-order valence-corrected chi connectivity index (χ0v) is 16.6. The van der Waals surface area contributed by atoms with E-state index in [1.54, 1.807) is 17.7 Å². The van der Waals surface area contributed by atoms with Crippen molar-refractivity contribution < 1.29 is 14.6 Å². The molecule has 0 unspecified atom stereocenters. The summed E-state index contributed by atoms with van der Waals surface area (Å²) in [5.74, 6) is 2.41. The van der Waals surface area contributed by atoms with Gasteiger partial charge in [0.2, 0.25) is 0 Å². The molecule has 2 heterocycles. The lowest BCUT2D eigenvalue weighted by atomic mass is 9.84. The third kappa shape index (κ3) is 4.95. The van der Waals surface area contributed by atoms with E-state index >= 15 is 0 Å². The molecule has 29 heavy (non-hydrogen) atoms. The second-order valence-corrected chi connectivity index (χ2v) is 7.03. The Labute approximate surface area is 170 Å². The molecule has 0 bridgehead atoms. The molecule has 2 aromatic heterocycles. The molecule has 1 saturated carbocycles. The highest BCUT2D eigenvalue weighted by Gasteiger charge is 2.28. The number of ether oxygens (including phenoxy) is 1. The molecule has 1 aliphatic carbocycles. The lowest BCUT2D eigenvalue weighted by Crippen LogP contribution is -2.22. The maximum Gasteiger partial charge on any atom is 0.260 e. The molecule has 7 heteroatoms. The molecule has 1 fully saturated rings. The number of Topliss-reactive ketones (excluding diaryl/α,β-unsaturated/α-hetero) is 1. The van der Waals surface area contributed by atoms with Gasteiger partial charge in [-0.2, -0.15) is 0 Å². The average molecular weight is 397 g/mol. The van der Waals surface area contributed by atoms with Gasteiger partial charge in [-0.3, -0.25) is 9.59 Å². The highest BCUT2D eigenvalue weighted by Crippen LogP contribution is 2.30. The third-order valence-corrected chi connectivity index (χ3v) is 5.19. The number of carbonyl (C=O) groups is 1. The van der Waals surface area contributed by atoms with Gasteiger partial charge in [-0.1, -0.05) is 19.3 Å². The van der Waals surface area contributed by atoms with Crippen LogP contribution in [0, 0.1) is 31.1 Å². The van der Waals surface area contributed by atoms with Gasteiger partial charge in [0.1, 0.15) is 11.9 Å². The van der Waals surface area contributed by atoms with Crippen molar-refractivity contribution >= 4 is 16.8 Å². The summed E-state index contributed by atoms with van der Waals surface area (Å²) in [5, 5.41) is 9.71. The number of fused-ring (bicyclic) bond motifs is 1. The Bertz CT molecular complexity index is 944. The van der Waals surface area contributed by atoms with Gasteiger partial charge in [0.25, 0.3) is 5.56 Å². The quantitative estimate of drug-likeness (QED) is 0.553. The summed E-state index contributed by atoms with van der Waals surface area (Å²) in [6, 6.07) is 0. The smallest absolute Gasteiger partial charge is 0.260 e. The van der Waals surface area contributed by atoms with Crippen molar-refractivity contribution in [2.75, 3.05) is 6.61 Å². The molecule has 154 valence electrons. The SMILES string of the molecule is C#C.C#CC[C@@H](CO)O[C@H](C)n1cc(C(=O)C2CCCCC2)c2c(=O)[nH]cnc21. The Morgan fingerprint density at radius 2 is 2.10 bits per heavy atom. The van der Waals surface area contributed by atoms with Crippen LogP contribution in [-0.4, -0.2) is 38.1 Å². The number of nitrogens with one attached hydrogen (secondary N) is 1. The molecule has 2 atom stereocenters. The first kappa shape index (κ1) is 22.4. The molecule has 0 spiro atoms. The molecule has 0 radical (unpaired) electrons. The number of nitrogens with zero attached hydrogens (tertiary/aromatic N) is 2. The topological polar surface area (TPSA) is 97.2 Å². The van der Waals surface area contributed by atoms with E-state index in [4.69, 9.17) is 11.2 Å². The minimum absolute atomic E-state index is 0.00789. The number of aromatic amines is 1. The second-order valence-electron chi connectivity index (χ2n) is 7.03. The minimum atomic E-state index is -0.541. The van der Waals surface area contributed by atoms with E-state index in [1.165, 1.54) is 6.33 Å². The Morgan fingerprint density at radius 1 is 1.41 bits per heavy atom. The number of terminal acetylenes is 2. The first-order chi connectivity index (χ1) is 14.1. The van der Waals surface area contributed by atoms with Gasteiger partial charge in [0.05, 0.1) is 30.0 Å². The van der Waals surface area contributed by atoms with E-state index in [0.717, 1.165) is 32.1 Å². The predicted octanol–water partition coefficient (Wildman–Crippen LogP) is 2.66. The summed E-state index contributed by atoms with van der Waals surface area (Å²) in [4.78, 5) is 32.3. The number of aliphatic hydroxyl groups is 1. The number of hydrogen-bond donors (Lipinski definition) is 2.